The molecule has 7 heteroatoms. The van der Waals surface area contributed by atoms with Crippen LogP contribution in [0.1, 0.15) is 11.6 Å². The summed E-state index contributed by atoms with van der Waals surface area (Å²) in [4.78, 5) is 17.1. The Kier molecular flexibility index (Phi) is 3.08. The highest BCUT2D eigenvalue weighted by molar-refractivity contribution is 7.16. The second kappa shape index (κ2) is 5.09. The van der Waals surface area contributed by atoms with E-state index < -0.39 is 0 Å². The summed E-state index contributed by atoms with van der Waals surface area (Å²) in [5.74, 6) is 2.90. The van der Waals surface area contributed by atoms with Crippen molar-refractivity contribution in [2.24, 2.45) is 0 Å². The van der Waals surface area contributed by atoms with Crippen LogP contribution in [-0.4, -0.2) is 38.0 Å². The molecule has 0 atom stereocenters. The van der Waals surface area contributed by atoms with Crippen LogP contribution in [0.25, 0.3) is 10.2 Å². The Labute approximate surface area is 126 Å². The number of imidazole rings is 1. The Morgan fingerprint density at radius 1 is 1.33 bits per heavy atom. The lowest BCUT2D eigenvalue weighted by atomic mass is 10.3. The standard InChI is InChI=1S/C14H16N6S/c1-15-13-10-2-7-21-14(10)18-11(17-13)8-19-5-6-20-4-3-16-12(20)9-19/h2-4,7H,5-6,8-9H2,1H3,(H,15,17,18). The fraction of sp³-hybridized carbons (Fsp3) is 0.357. The summed E-state index contributed by atoms with van der Waals surface area (Å²) >= 11 is 1.66. The fourth-order valence-electron chi connectivity index (χ4n) is 2.72. The van der Waals surface area contributed by atoms with Gasteiger partial charge in [0.05, 0.1) is 18.5 Å². The molecule has 3 aromatic rings. The van der Waals surface area contributed by atoms with Crippen molar-refractivity contribution in [3.63, 3.8) is 0 Å². The highest BCUT2D eigenvalue weighted by atomic mass is 32.1. The zero-order chi connectivity index (χ0) is 14.2. The third kappa shape index (κ3) is 2.28. The summed E-state index contributed by atoms with van der Waals surface area (Å²) < 4.78 is 2.21. The van der Waals surface area contributed by atoms with E-state index in [1.54, 1.807) is 11.3 Å². The molecular weight excluding hydrogens is 284 g/mol. The summed E-state index contributed by atoms with van der Waals surface area (Å²) in [5, 5.41) is 6.32. The second-order valence-corrected chi connectivity index (χ2v) is 6.02. The van der Waals surface area contributed by atoms with E-state index in [0.717, 1.165) is 53.9 Å². The lowest BCUT2D eigenvalue weighted by molar-refractivity contribution is 0.204. The minimum atomic E-state index is 0.759. The molecule has 3 aromatic heterocycles. The number of aromatic nitrogens is 4. The van der Waals surface area contributed by atoms with E-state index in [1.807, 2.05) is 19.4 Å². The molecule has 4 rings (SSSR count). The van der Waals surface area contributed by atoms with Gasteiger partial charge >= 0.3 is 0 Å². The van der Waals surface area contributed by atoms with Gasteiger partial charge in [-0.1, -0.05) is 0 Å². The molecule has 0 bridgehead atoms. The van der Waals surface area contributed by atoms with Gasteiger partial charge in [0.1, 0.15) is 22.3 Å². The van der Waals surface area contributed by atoms with Crippen LogP contribution >= 0.6 is 11.3 Å². The molecule has 6 nitrogen and oxygen atoms in total. The van der Waals surface area contributed by atoms with Gasteiger partial charge in [-0.05, 0) is 11.4 Å². The molecule has 0 radical (unpaired) electrons. The number of rotatable bonds is 3. The predicted octanol–water partition coefficient (Wildman–Crippen LogP) is 1.95. The Bertz CT molecular complexity index is 777. The molecule has 0 amide bonds. The van der Waals surface area contributed by atoms with Crippen LogP contribution in [0.3, 0.4) is 0 Å². The first-order valence-electron chi connectivity index (χ1n) is 6.98. The molecule has 1 aliphatic rings. The molecule has 0 spiro atoms. The van der Waals surface area contributed by atoms with Crippen LogP contribution in [0.2, 0.25) is 0 Å². The summed E-state index contributed by atoms with van der Waals surface area (Å²) in [6.45, 7) is 3.60. The number of hydrogen-bond acceptors (Lipinski definition) is 6. The Balaban J connectivity index is 1.60. The number of nitrogens with one attached hydrogen (secondary N) is 1. The molecule has 0 aromatic carbocycles. The molecule has 0 unspecified atom stereocenters. The van der Waals surface area contributed by atoms with Gasteiger partial charge in [0.15, 0.2) is 0 Å². The zero-order valence-electron chi connectivity index (χ0n) is 11.8. The highest BCUT2D eigenvalue weighted by Gasteiger charge is 2.18. The second-order valence-electron chi connectivity index (χ2n) is 5.13. The van der Waals surface area contributed by atoms with Crippen LogP contribution in [0.5, 0.6) is 0 Å². The summed E-state index contributed by atoms with van der Waals surface area (Å²) in [7, 11) is 1.90. The fourth-order valence-corrected chi connectivity index (χ4v) is 3.50. The maximum Gasteiger partial charge on any atom is 0.146 e. The van der Waals surface area contributed by atoms with Gasteiger partial charge < -0.3 is 9.88 Å². The third-order valence-corrected chi connectivity index (χ3v) is 4.60. The van der Waals surface area contributed by atoms with Crippen LogP contribution in [0.15, 0.2) is 23.8 Å². The van der Waals surface area contributed by atoms with Crippen LogP contribution < -0.4 is 5.32 Å². The average Bonchev–Trinajstić information content (AvgIpc) is 3.14. The minimum Gasteiger partial charge on any atom is -0.372 e. The highest BCUT2D eigenvalue weighted by Crippen LogP contribution is 2.25. The Morgan fingerprint density at radius 3 is 3.19 bits per heavy atom. The minimum absolute atomic E-state index is 0.759. The van der Waals surface area contributed by atoms with Gasteiger partial charge in [0.25, 0.3) is 0 Å². The van der Waals surface area contributed by atoms with E-state index in [4.69, 9.17) is 0 Å². The monoisotopic (exact) mass is 300 g/mol. The van der Waals surface area contributed by atoms with Gasteiger partial charge in [-0.2, -0.15) is 0 Å². The van der Waals surface area contributed by atoms with E-state index in [0.29, 0.717) is 0 Å². The molecule has 0 fully saturated rings. The zero-order valence-corrected chi connectivity index (χ0v) is 12.6. The quantitative estimate of drug-likeness (QED) is 0.801. The maximum absolute atomic E-state index is 4.68. The van der Waals surface area contributed by atoms with Crippen molar-refractivity contribution in [3.05, 3.63) is 35.5 Å². The SMILES string of the molecule is CNc1nc(CN2CCn3ccnc3C2)nc2sccc12. The Morgan fingerprint density at radius 2 is 2.29 bits per heavy atom. The van der Waals surface area contributed by atoms with Crippen molar-refractivity contribution in [2.75, 3.05) is 18.9 Å². The number of fused-ring (bicyclic) bond motifs is 2. The van der Waals surface area contributed by atoms with Crippen molar-refractivity contribution < 1.29 is 0 Å². The van der Waals surface area contributed by atoms with E-state index in [1.165, 1.54) is 0 Å². The number of nitrogens with zero attached hydrogens (tertiary/aromatic N) is 5. The van der Waals surface area contributed by atoms with E-state index in [-0.39, 0.29) is 0 Å². The molecule has 0 aliphatic carbocycles. The summed E-state index contributed by atoms with van der Waals surface area (Å²) in [5.41, 5.74) is 0. The number of anilines is 1. The lowest BCUT2D eigenvalue weighted by Crippen LogP contribution is -2.33. The molecule has 108 valence electrons. The topological polar surface area (TPSA) is 58.9 Å². The van der Waals surface area contributed by atoms with Gasteiger partial charge in [-0.25, -0.2) is 15.0 Å². The van der Waals surface area contributed by atoms with Crippen molar-refractivity contribution in [1.82, 2.24) is 24.4 Å². The van der Waals surface area contributed by atoms with Gasteiger partial charge in [0.2, 0.25) is 0 Å². The smallest absolute Gasteiger partial charge is 0.146 e. The molecule has 1 N–H and O–H groups in total. The molecule has 1 aliphatic heterocycles. The summed E-state index contributed by atoms with van der Waals surface area (Å²) in [6.07, 6.45) is 3.91. The molecule has 21 heavy (non-hydrogen) atoms. The van der Waals surface area contributed by atoms with E-state index in [9.17, 15) is 0 Å². The normalized spacial score (nSPS) is 15.3. The van der Waals surface area contributed by atoms with Crippen LogP contribution in [-0.2, 0) is 19.6 Å². The Hall–Kier alpha value is -1.99. The molecule has 0 saturated heterocycles. The largest absolute Gasteiger partial charge is 0.372 e. The van der Waals surface area contributed by atoms with Gasteiger partial charge in [0, 0.05) is 32.5 Å². The first-order chi connectivity index (χ1) is 10.3. The molecule has 0 saturated carbocycles. The van der Waals surface area contributed by atoms with E-state index >= 15 is 0 Å². The maximum atomic E-state index is 4.68. The lowest BCUT2D eigenvalue weighted by Gasteiger charge is -2.26. The number of hydrogen-bond donors (Lipinski definition) is 1. The van der Waals surface area contributed by atoms with Gasteiger partial charge in [-0.3, -0.25) is 4.90 Å². The first-order valence-corrected chi connectivity index (χ1v) is 7.85. The van der Waals surface area contributed by atoms with Gasteiger partial charge in [-0.15, -0.1) is 11.3 Å². The summed E-state index contributed by atoms with van der Waals surface area (Å²) in [6, 6.07) is 2.06. The van der Waals surface area contributed by atoms with Crippen molar-refractivity contribution in [2.45, 2.75) is 19.6 Å². The van der Waals surface area contributed by atoms with Crippen LogP contribution in [0, 0.1) is 0 Å². The van der Waals surface area contributed by atoms with Crippen molar-refractivity contribution in [3.8, 4) is 0 Å². The van der Waals surface area contributed by atoms with Crippen molar-refractivity contribution >= 4 is 27.4 Å². The number of thiophene rings is 1. The van der Waals surface area contributed by atoms with Crippen molar-refractivity contribution in [1.29, 1.82) is 0 Å². The predicted molar refractivity (Wildman–Crippen MR) is 83.3 cm³/mol. The third-order valence-electron chi connectivity index (χ3n) is 3.80. The molecular formula is C14H16N6S. The first kappa shape index (κ1) is 12.7. The van der Waals surface area contributed by atoms with E-state index in [2.05, 4.69) is 41.2 Å². The molecule has 4 heterocycles. The van der Waals surface area contributed by atoms with Crippen LogP contribution in [0.4, 0.5) is 5.82 Å². The average molecular weight is 300 g/mol.